The minimum Gasteiger partial charge on any atom is -0.362 e. The minimum absolute atomic E-state index is 0.00807. The first-order valence-corrected chi connectivity index (χ1v) is 9.65. The summed E-state index contributed by atoms with van der Waals surface area (Å²) in [5.41, 5.74) is 3.64. The quantitative estimate of drug-likeness (QED) is 0.594. The lowest BCUT2D eigenvalue weighted by atomic mass is 9.75. The van der Waals surface area contributed by atoms with Crippen LogP contribution < -0.4 is 10.6 Å². The Morgan fingerprint density at radius 3 is 2.67 bits per heavy atom. The summed E-state index contributed by atoms with van der Waals surface area (Å²) in [6.45, 7) is 1.80. The van der Waals surface area contributed by atoms with E-state index in [0.29, 0.717) is 34.5 Å². The maximum Gasteiger partial charge on any atom is 0.269 e. The van der Waals surface area contributed by atoms with Gasteiger partial charge in [-0.25, -0.2) is 0 Å². The fourth-order valence-corrected chi connectivity index (χ4v) is 4.04. The lowest BCUT2D eigenvalue weighted by molar-refractivity contribution is -0.384. The molecule has 1 aromatic carbocycles. The molecule has 1 atom stereocenters. The van der Waals surface area contributed by atoms with Gasteiger partial charge in [0.2, 0.25) is 0 Å². The van der Waals surface area contributed by atoms with Gasteiger partial charge in [0.15, 0.2) is 5.78 Å². The number of benzene rings is 1. The highest BCUT2D eigenvalue weighted by Crippen LogP contribution is 2.42. The highest BCUT2D eigenvalue weighted by Gasteiger charge is 2.38. The molecule has 0 fully saturated rings. The van der Waals surface area contributed by atoms with Crippen LogP contribution in [-0.4, -0.2) is 21.6 Å². The van der Waals surface area contributed by atoms with Crippen LogP contribution in [0.4, 0.5) is 11.4 Å². The Morgan fingerprint density at radius 1 is 1.23 bits per heavy atom. The van der Waals surface area contributed by atoms with Gasteiger partial charge in [-0.1, -0.05) is 12.1 Å². The largest absolute Gasteiger partial charge is 0.362 e. The van der Waals surface area contributed by atoms with Crippen LogP contribution in [0.15, 0.2) is 71.3 Å². The fraction of sp³-hybridized carbons (Fsp3) is 0.227. The number of carbonyl (C=O) groups excluding carboxylic acids is 2. The van der Waals surface area contributed by atoms with Crippen molar-refractivity contribution >= 4 is 23.1 Å². The monoisotopic (exact) mass is 404 g/mol. The van der Waals surface area contributed by atoms with Crippen LogP contribution >= 0.6 is 0 Å². The molecule has 8 nitrogen and oxygen atoms in total. The number of rotatable bonds is 4. The Balaban J connectivity index is 1.79. The van der Waals surface area contributed by atoms with Gasteiger partial charge in [0.1, 0.15) is 0 Å². The van der Waals surface area contributed by atoms with Crippen molar-refractivity contribution in [2.24, 2.45) is 0 Å². The second-order valence-corrected chi connectivity index (χ2v) is 7.31. The van der Waals surface area contributed by atoms with E-state index in [9.17, 15) is 19.7 Å². The maximum atomic E-state index is 13.2. The third-order valence-corrected chi connectivity index (χ3v) is 5.38. The van der Waals surface area contributed by atoms with Crippen LogP contribution in [0.3, 0.4) is 0 Å². The van der Waals surface area contributed by atoms with Crippen molar-refractivity contribution in [3.8, 4) is 0 Å². The van der Waals surface area contributed by atoms with Gasteiger partial charge in [0, 0.05) is 53.2 Å². The average molecular weight is 404 g/mol. The average Bonchev–Trinajstić information content (AvgIpc) is 2.73. The number of nitrogens with zero attached hydrogens (tertiary/aromatic N) is 2. The number of nitro groups is 1. The molecule has 2 N–H and O–H groups in total. The van der Waals surface area contributed by atoms with E-state index in [2.05, 4.69) is 15.6 Å². The van der Waals surface area contributed by atoms with E-state index in [1.807, 2.05) is 0 Å². The van der Waals surface area contributed by atoms with Gasteiger partial charge >= 0.3 is 0 Å². The number of carbonyl (C=O) groups is 2. The first kappa shape index (κ1) is 19.5. The molecular formula is C22H20N4O4. The van der Waals surface area contributed by atoms with Gasteiger partial charge in [0.05, 0.1) is 16.8 Å². The Bertz CT molecular complexity index is 1090. The SMILES string of the molecule is CC1=C(C(=O)Nc2cccnc2)C(c2ccc([N+](=O)[O-])cc2)C2=C(CCCC2=O)N1. The normalized spacial score (nSPS) is 18.6. The number of hydrogen-bond acceptors (Lipinski definition) is 6. The van der Waals surface area contributed by atoms with E-state index in [0.717, 1.165) is 18.5 Å². The van der Waals surface area contributed by atoms with Gasteiger partial charge in [-0.3, -0.25) is 24.7 Å². The number of nitro benzene ring substituents is 1. The molecule has 0 radical (unpaired) electrons. The second-order valence-electron chi connectivity index (χ2n) is 7.31. The summed E-state index contributed by atoms with van der Waals surface area (Å²) in [4.78, 5) is 40.7. The Morgan fingerprint density at radius 2 is 2.00 bits per heavy atom. The topological polar surface area (TPSA) is 114 Å². The van der Waals surface area contributed by atoms with Crippen molar-refractivity contribution in [2.45, 2.75) is 32.1 Å². The van der Waals surface area contributed by atoms with Crippen LogP contribution in [-0.2, 0) is 9.59 Å². The van der Waals surface area contributed by atoms with E-state index in [-0.39, 0.29) is 17.4 Å². The minimum atomic E-state index is -0.591. The van der Waals surface area contributed by atoms with E-state index < -0.39 is 10.8 Å². The first-order valence-electron chi connectivity index (χ1n) is 9.65. The maximum absolute atomic E-state index is 13.2. The molecule has 1 aliphatic carbocycles. The van der Waals surface area contributed by atoms with Crippen molar-refractivity contribution in [3.63, 3.8) is 0 Å². The molecule has 2 heterocycles. The Labute approximate surface area is 172 Å². The molecule has 0 spiro atoms. The Hall–Kier alpha value is -3.81. The molecule has 0 saturated carbocycles. The zero-order valence-corrected chi connectivity index (χ0v) is 16.3. The number of Topliss-reactive ketones (excluding diaryl/α,β-unsaturated/α-hetero) is 1. The Kier molecular flexibility index (Phi) is 5.14. The smallest absolute Gasteiger partial charge is 0.269 e. The summed E-state index contributed by atoms with van der Waals surface area (Å²) in [5, 5.41) is 17.1. The van der Waals surface area contributed by atoms with Crippen LogP contribution in [0.5, 0.6) is 0 Å². The molecule has 0 bridgehead atoms. The highest BCUT2D eigenvalue weighted by atomic mass is 16.6. The van der Waals surface area contributed by atoms with Crippen molar-refractivity contribution in [1.29, 1.82) is 0 Å². The van der Waals surface area contributed by atoms with Crippen molar-refractivity contribution in [3.05, 3.63) is 87.0 Å². The number of pyridine rings is 1. The summed E-state index contributed by atoms with van der Waals surface area (Å²) >= 11 is 0. The first-order chi connectivity index (χ1) is 14.5. The van der Waals surface area contributed by atoms with E-state index in [4.69, 9.17) is 0 Å². The second kappa shape index (κ2) is 7.90. The molecule has 4 rings (SSSR count). The van der Waals surface area contributed by atoms with Crippen molar-refractivity contribution < 1.29 is 14.5 Å². The van der Waals surface area contributed by atoms with Gasteiger partial charge in [0.25, 0.3) is 11.6 Å². The number of aromatic nitrogens is 1. The molecule has 152 valence electrons. The molecule has 1 aliphatic heterocycles. The van der Waals surface area contributed by atoms with E-state index in [1.165, 1.54) is 12.1 Å². The van der Waals surface area contributed by atoms with E-state index in [1.54, 1.807) is 43.6 Å². The zero-order chi connectivity index (χ0) is 21.3. The molecular weight excluding hydrogens is 384 g/mol. The number of non-ortho nitro benzene ring substituents is 1. The number of amides is 1. The summed E-state index contributed by atoms with van der Waals surface area (Å²) in [6, 6.07) is 9.48. The lowest BCUT2D eigenvalue weighted by Crippen LogP contribution is -2.35. The predicted molar refractivity (Wildman–Crippen MR) is 110 cm³/mol. The number of dihydropyridines is 1. The molecule has 1 unspecified atom stereocenters. The van der Waals surface area contributed by atoms with Crippen LogP contribution in [0.1, 0.15) is 37.7 Å². The van der Waals surface area contributed by atoms with Gasteiger partial charge in [-0.15, -0.1) is 0 Å². The fourth-order valence-electron chi connectivity index (χ4n) is 4.04. The number of anilines is 1. The molecule has 8 heteroatoms. The number of allylic oxidation sites excluding steroid dienone is 3. The predicted octanol–water partition coefficient (Wildman–Crippen LogP) is 3.60. The third kappa shape index (κ3) is 3.59. The lowest BCUT2D eigenvalue weighted by Gasteiger charge is -2.34. The number of nitrogens with one attached hydrogen (secondary N) is 2. The zero-order valence-electron chi connectivity index (χ0n) is 16.3. The molecule has 2 aromatic rings. The van der Waals surface area contributed by atoms with Crippen LogP contribution in [0.25, 0.3) is 0 Å². The summed E-state index contributed by atoms with van der Waals surface area (Å²) < 4.78 is 0. The molecule has 2 aliphatic rings. The van der Waals surface area contributed by atoms with Gasteiger partial charge in [-0.05, 0) is 37.5 Å². The number of hydrogen-bond donors (Lipinski definition) is 2. The molecule has 1 aromatic heterocycles. The summed E-state index contributed by atoms with van der Waals surface area (Å²) in [7, 11) is 0. The summed E-state index contributed by atoms with van der Waals surface area (Å²) in [5.74, 6) is -0.945. The molecule has 0 saturated heterocycles. The van der Waals surface area contributed by atoms with Crippen molar-refractivity contribution in [1.82, 2.24) is 10.3 Å². The number of ketones is 1. The highest BCUT2D eigenvalue weighted by molar-refractivity contribution is 6.09. The standard InChI is InChI=1S/C22H20N4O4/c1-13-19(22(28)25-15-4-3-11-23-12-15)20(14-7-9-16(10-8-14)26(29)30)21-17(24-13)5-2-6-18(21)27/h3-4,7-12,20,24H,2,5-6H2,1H3,(H,25,28). The van der Waals surface area contributed by atoms with Crippen LogP contribution in [0, 0.1) is 10.1 Å². The van der Waals surface area contributed by atoms with Crippen LogP contribution in [0.2, 0.25) is 0 Å². The van der Waals surface area contributed by atoms with Crippen molar-refractivity contribution in [2.75, 3.05) is 5.32 Å². The molecule has 30 heavy (non-hydrogen) atoms. The van der Waals surface area contributed by atoms with Gasteiger partial charge < -0.3 is 10.6 Å². The van der Waals surface area contributed by atoms with Gasteiger partial charge in [-0.2, -0.15) is 0 Å². The third-order valence-electron chi connectivity index (χ3n) is 5.38. The van der Waals surface area contributed by atoms with E-state index >= 15 is 0 Å². The summed E-state index contributed by atoms with van der Waals surface area (Å²) in [6.07, 6.45) is 5.04. The molecule has 1 amide bonds.